The van der Waals surface area contributed by atoms with Gasteiger partial charge in [-0.3, -0.25) is 4.90 Å². The van der Waals surface area contributed by atoms with E-state index in [0.29, 0.717) is 17.7 Å². The lowest BCUT2D eigenvalue weighted by Gasteiger charge is -2.54. The van der Waals surface area contributed by atoms with Crippen LogP contribution in [-0.2, 0) is 18.4 Å². The van der Waals surface area contributed by atoms with Crippen LogP contribution in [0.15, 0.2) is 48.5 Å². The summed E-state index contributed by atoms with van der Waals surface area (Å²) in [6.07, 6.45) is 2.26. The van der Waals surface area contributed by atoms with Gasteiger partial charge in [0.15, 0.2) is 0 Å². The van der Waals surface area contributed by atoms with Crippen molar-refractivity contribution >= 4 is 0 Å². The van der Waals surface area contributed by atoms with Gasteiger partial charge in [0.05, 0.1) is 0 Å². The number of hydrogen-bond acceptors (Lipinski definition) is 2. The monoisotopic (exact) mass is 307 g/mol. The van der Waals surface area contributed by atoms with E-state index >= 15 is 0 Å². The Labute approximate surface area is 138 Å². The van der Waals surface area contributed by atoms with Gasteiger partial charge < -0.3 is 5.11 Å². The van der Waals surface area contributed by atoms with E-state index in [9.17, 15) is 5.11 Å². The molecule has 0 spiro atoms. The first-order valence-corrected chi connectivity index (χ1v) is 8.68. The zero-order valence-electron chi connectivity index (χ0n) is 14.0. The summed E-state index contributed by atoms with van der Waals surface area (Å²) < 4.78 is 0. The summed E-state index contributed by atoms with van der Waals surface area (Å²) in [5.74, 6) is 1.01. The summed E-state index contributed by atoms with van der Waals surface area (Å²) in [5, 5.41) is 9.92. The number of fused-ring (bicyclic) bond motifs is 4. The minimum atomic E-state index is 0.185. The van der Waals surface area contributed by atoms with Crippen LogP contribution in [0.5, 0.6) is 5.75 Å². The Bertz CT molecular complexity index is 711. The van der Waals surface area contributed by atoms with E-state index in [1.165, 1.54) is 16.7 Å². The molecule has 2 aliphatic rings. The van der Waals surface area contributed by atoms with Crippen LogP contribution < -0.4 is 0 Å². The molecule has 23 heavy (non-hydrogen) atoms. The summed E-state index contributed by atoms with van der Waals surface area (Å²) in [5.41, 5.74) is 4.39. The number of benzene rings is 2. The van der Waals surface area contributed by atoms with E-state index in [0.717, 1.165) is 25.9 Å². The van der Waals surface area contributed by atoms with E-state index in [4.69, 9.17) is 0 Å². The molecule has 0 aromatic heterocycles. The molecule has 4 rings (SSSR count). The third-order valence-electron chi connectivity index (χ3n) is 6.34. The maximum atomic E-state index is 9.92. The quantitative estimate of drug-likeness (QED) is 0.902. The molecule has 2 bridgehead atoms. The Hall–Kier alpha value is -1.80. The molecule has 2 heteroatoms. The number of nitrogens with zero attached hydrogens (tertiary/aromatic N) is 1. The topological polar surface area (TPSA) is 23.5 Å². The largest absolute Gasteiger partial charge is 0.508 e. The van der Waals surface area contributed by atoms with Crippen LogP contribution in [0.1, 0.15) is 37.0 Å². The van der Waals surface area contributed by atoms with E-state index in [1.807, 2.05) is 12.1 Å². The van der Waals surface area contributed by atoms with Gasteiger partial charge in [-0.25, -0.2) is 0 Å². The zero-order valence-corrected chi connectivity index (χ0v) is 14.0. The van der Waals surface area contributed by atoms with Crippen molar-refractivity contribution < 1.29 is 5.11 Å². The molecule has 1 fully saturated rings. The molecule has 1 heterocycles. The maximum Gasteiger partial charge on any atom is 0.115 e. The first kappa shape index (κ1) is 14.8. The Morgan fingerprint density at radius 3 is 2.74 bits per heavy atom. The number of piperidine rings is 1. The molecule has 2 nitrogen and oxygen atoms in total. The molecular weight excluding hydrogens is 282 g/mol. The smallest absolute Gasteiger partial charge is 0.115 e. The van der Waals surface area contributed by atoms with Crippen molar-refractivity contribution in [1.29, 1.82) is 0 Å². The van der Waals surface area contributed by atoms with Gasteiger partial charge in [0.2, 0.25) is 0 Å². The summed E-state index contributed by atoms with van der Waals surface area (Å²) in [7, 11) is 0. The Morgan fingerprint density at radius 2 is 1.96 bits per heavy atom. The minimum absolute atomic E-state index is 0.185. The highest BCUT2D eigenvalue weighted by atomic mass is 16.3. The van der Waals surface area contributed by atoms with E-state index in [2.05, 4.69) is 55.1 Å². The molecule has 0 unspecified atom stereocenters. The van der Waals surface area contributed by atoms with E-state index < -0.39 is 0 Å². The van der Waals surface area contributed by atoms with Crippen LogP contribution in [0.3, 0.4) is 0 Å². The number of phenolic OH excluding ortho intramolecular Hbond substituents is 1. The molecule has 120 valence electrons. The molecule has 1 saturated heterocycles. The van der Waals surface area contributed by atoms with Gasteiger partial charge in [-0.2, -0.15) is 0 Å². The second kappa shape index (κ2) is 5.38. The first-order valence-electron chi connectivity index (χ1n) is 8.68. The summed E-state index contributed by atoms with van der Waals surface area (Å²) in [6, 6.07) is 17.4. The standard InChI is InChI=1S/C21H25NO/c1-15-20-12-17-8-9-18(23)13-19(17)21(15,2)10-11-22(20)14-16-6-4-3-5-7-16/h3-9,13,15,20,23H,10-12,14H2,1-2H3/t15-,20-,21+/m0/s1. The van der Waals surface area contributed by atoms with Crippen LogP contribution in [0.2, 0.25) is 0 Å². The number of rotatable bonds is 2. The summed E-state index contributed by atoms with van der Waals surface area (Å²) in [4.78, 5) is 2.66. The van der Waals surface area contributed by atoms with Crippen molar-refractivity contribution in [3.8, 4) is 5.75 Å². The third-order valence-corrected chi connectivity index (χ3v) is 6.34. The second-order valence-corrected chi connectivity index (χ2v) is 7.53. The van der Waals surface area contributed by atoms with Gasteiger partial charge in [0, 0.05) is 12.6 Å². The molecule has 3 atom stereocenters. The third kappa shape index (κ3) is 2.36. The summed E-state index contributed by atoms with van der Waals surface area (Å²) >= 11 is 0. The predicted molar refractivity (Wildman–Crippen MR) is 93.6 cm³/mol. The van der Waals surface area contributed by atoms with Crippen molar-refractivity contribution in [1.82, 2.24) is 4.90 Å². The average Bonchev–Trinajstić information content (AvgIpc) is 2.55. The molecule has 2 aromatic rings. The summed E-state index contributed by atoms with van der Waals surface area (Å²) in [6.45, 7) is 6.96. The van der Waals surface area contributed by atoms with Crippen molar-refractivity contribution in [3.63, 3.8) is 0 Å². The van der Waals surface area contributed by atoms with E-state index in [-0.39, 0.29) is 5.41 Å². The Balaban J connectivity index is 1.67. The van der Waals surface area contributed by atoms with Crippen molar-refractivity contribution in [3.05, 3.63) is 65.2 Å². The average molecular weight is 307 g/mol. The van der Waals surface area contributed by atoms with Crippen molar-refractivity contribution in [2.75, 3.05) is 6.54 Å². The molecule has 0 saturated carbocycles. The van der Waals surface area contributed by atoms with Crippen LogP contribution in [0, 0.1) is 5.92 Å². The number of hydrogen-bond donors (Lipinski definition) is 1. The molecule has 2 aromatic carbocycles. The molecule has 0 amide bonds. The second-order valence-electron chi connectivity index (χ2n) is 7.53. The predicted octanol–water partition coefficient (Wildman–Crippen LogP) is 4.12. The molecule has 1 aliphatic heterocycles. The van der Waals surface area contributed by atoms with Gasteiger partial charge >= 0.3 is 0 Å². The van der Waals surface area contributed by atoms with E-state index in [1.54, 1.807) is 0 Å². The van der Waals surface area contributed by atoms with Gasteiger partial charge in [-0.05, 0) is 59.5 Å². The lowest BCUT2D eigenvalue weighted by Crippen LogP contribution is -2.57. The molecule has 0 radical (unpaired) electrons. The highest BCUT2D eigenvalue weighted by Gasteiger charge is 2.48. The number of likely N-dealkylation sites (tertiary alicyclic amines) is 1. The minimum Gasteiger partial charge on any atom is -0.508 e. The molecular formula is C21H25NO. The molecule has 1 aliphatic carbocycles. The molecule has 1 N–H and O–H groups in total. The SMILES string of the molecule is C[C@H]1[C@@H]2Cc3ccc(O)cc3[C@]1(C)CCN2Cc1ccccc1. The van der Waals surface area contributed by atoms with Gasteiger partial charge in [0.25, 0.3) is 0 Å². The van der Waals surface area contributed by atoms with Crippen LogP contribution >= 0.6 is 0 Å². The fourth-order valence-electron chi connectivity index (χ4n) is 4.71. The normalized spacial score (nSPS) is 30.0. The Kier molecular flexibility index (Phi) is 3.46. The van der Waals surface area contributed by atoms with Crippen molar-refractivity contribution in [2.24, 2.45) is 5.92 Å². The van der Waals surface area contributed by atoms with Gasteiger partial charge in [-0.1, -0.05) is 50.2 Å². The van der Waals surface area contributed by atoms with Crippen LogP contribution in [-0.4, -0.2) is 22.6 Å². The highest BCUT2D eigenvalue weighted by Crippen LogP contribution is 2.49. The van der Waals surface area contributed by atoms with Crippen LogP contribution in [0.25, 0.3) is 0 Å². The first-order chi connectivity index (χ1) is 11.1. The highest BCUT2D eigenvalue weighted by molar-refractivity contribution is 5.44. The lowest BCUT2D eigenvalue weighted by molar-refractivity contribution is 0.0258. The van der Waals surface area contributed by atoms with Crippen molar-refractivity contribution in [2.45, 2.75) is 44.7 Å². The van der Waals surface area contributed by atoms with Gasteiger partial charge in [-0.15, -0.1) is 0 Å². The zero-order chi connectivity index (χ0) is 16.0. The maximum absolute atomic E-state index is 9.92. The number of aromatic hydroxyl groups is 1. The fourth-order valence-corrected chi connectivity index (χ4v) is 4.71. The lowest BCUT2D eigenvalue weighted by atomic mass is 9.59. The van der Waals surface area contributed by atoms with Crippen LogP contribution in [0.4, 0.5) is 0 Å². The van der Waals surface area contributed by atoms with Gasteiger partial charge in [0.1, 0.15) is 5.75 Å². The Morgan fingerprint density at radius 1 is 1.17 bits per heavy atom. The number of phenols is 1. The fraction of sp³-hybridized carbons (Fsp3) is 0.429.